The summed E-state index contributed by atoms with van der Waals surface area (Å²) in [6.45, 7) is 1.89. The molecule has 0 aliphatic rings. The van der Waals surface area contributed by atoms with Crippen LogP contribution in [0, 0.1) is 6.92 Å². The molecule has 1 heterocycles. The lowest BCUT2D eigenvalue weighted by Crippen LogP contribution is -1.96. The maximum atomic E-state index is 5.16. The summed E-state index contributed by atoms with van der Waals surface area (Å²) in [7, 11) is 1.65. The summed E-state index contributed by atoms with van der Waals surface area (Å²) in [6.07, 6.45) is 1.79. The normalized spacial score (nSPS) is 11.2. The molecule has 3 rings (SSSR count). The van der Waals surface area contributed by atoms with Crippen molar-refractivity contribution in [1.29, 1.82) is 0 Å². The van der Waals surface area contributed by atoms with E-state index in [0.717, 1.165) is 32.5 Å². The predicted molar refractivity (Wildman–Crippen MR) is 104 cm³/mol. The summed E-state index contributed by atoms with van der Waals surface area (Å²) >= 11 is 5.06. The first-order chi connectivity index (χ1) is 12.2. The number of benzene rings is 2. The molecule has 25 heavy (non-hydrogen) atoms. The number of methoxy groups -OCH3 is 1. The van der Waals surface area contributed by atoms with Gasteiger partial charge in [0.15, 0.2) is 5.82 Å². The van der Waals surface area contributed by atoms with Crippen LogP contribution in [0.25, 0.3) is 0 Å². The molecule has 0 spiro atoms. The average Bonchev–Trinajstić information content (AvgIpc) is 2.99. The van der Waals surface area contributed by atoms with E-state index in [1.54, 1.807) is 29.8 Å². The van der Waals surface area contributed by atoms with Gasteiger partial charge < -0.3 is 4.74 Å². The van der Waals surface area contributed by atoms with Crippen LogP contribution in [-0.2, 0) is 5.75 Å². The van der Waals surface area contributed by atoms with Gasteiger partial charge in [0.25, 0.3) is 0 Å². The van der Waals surface area contributed by atoms with Crippen molar-refractivity contribution in [2.45, 2.75) is 17.8 Å². The molecule has 0 atom stereocenters. The Bertz CT molecular complexity index is 860. The van der Waals surface area contributed by atoms with Crippen molar-refractivity contribution in [3.63, 3.8) is 0 Å². The van der Waals surface area contributed by atoms with E-state index >= 15 is 0 Å². The van der Waals surface area contributed by atoms with Crippen molar-refractivity contribution in [2.24, 2.45) is 5.10 Å². The van der Waals surface area contributed by atoms with Crippen LogP contribution in [0.1, 0.15) is 17.0 Å². The molecule has 2 aromatic carbocycles. The van der Waals surface area contributed by atoms with Gasteiger partial charge >= 0.3 is 0 Å². The molecule has 3 aromatic rings. The van der Waals surface area contributed by atoms with Crippen molar-refractivity contribution in [3.8, 4) is 5.75 Å². The Kier molecular flexibility index (Phi) is 5.88. The largest absolute Gasteiger partial charge is 0.497 e. The summed E-state index contributed by atoms with van der Waals surface area (Å²) in [5.41, 5.74) is 2.21. The summed E-state index contributed by atoms with van der Waals surface area (Å²) in [4.78, 5) is 0. The molecule has 128 valence electrons. The zero-order valence-electron chi connectivity index (χ0n) is 13.9. The highest BCUT2D eigenvalue weighted by Crippen LogP contribution is 2.23. The molecule has 0 radical (unpaired) electrons. The molecule has 5 nitrogen and oxygen atoms in total. The van der Waals surface area contributed by atoms with Gasteiger partial charge in [0.05, 0.1) is 13.3 Å². The molecule has 0 unspecified atom stereocenters. The van der Waals surface area contributed by atoms with Crippen LogP contribution in [0.5, 0.6) is 5.75 Å². The molecule has 0 saturated carbocycles. The zero-order chi connectivity index (χ0) is 17.6. The summed E-state index contributed by atoms with van der Waals surface area (Å²) < 4.78 is 7.99. The molecule has 7 heteroatoms. The first-order valence-corrected chi connectivity index (χ1v) is 9.41. The fraction of sp³-hybridized carbons (Fsp3) is 0.167. The van der Waals surface area contributed by atoms with Gasteiger partial charge in [-0.15, -0.1) is 10.2 Å². The SMILES string of the molecule is COc1ccc(/C=N\n2c(C)nnc2SCc2ccc(Br)cc2)cc1. The first-order valence-electron chi connectivity index (χ1n) is 7.63. The van der Waals surface area contributed by atoms with Crippen molar-refractivity contribution in [1.82, 2.24) is 14.9 Å². The van der Waals surface area contributed by atoms with E-state index in [-0.39, 0.29) is 0 Å². The fourth-order valence-corrected chi connectivity index (χ4v) is 3.26. The highest BCUT2D eigenvalue weighted by Gasteiger charge is 2.08. The molecule has 0 fully saturated rings. The maximum Gasteiger partial charge on any atom is 0.212 e. The number of nitrogens with zero attached hydrogens (tertiary/aromatic N) is 4. The molecular weight excluding hydrogens is 400 g/mol. The standard InChI is InChI=1S/C18H17BrN4OS/c1-13-21-22-18(25-12-15-3-7-16(19)8-4-15)23(13)20-11-14-5-9-17(24-2)10-6-14/h3-11H,12H2,1-2H3/b20-11-. The second-order valence-electron chi connectivity index (χ2n) is 5.27. The van der Waals surface area contributed by atoms with Gasteiger partial charge in [0, 0.05) is 10.2 Å². The summed E-state index contributed by atoms with van der Waals surface area (Å²) in [5, 5.41) is 13.6. The van der Waals surface area contributed by atoms with Gasteiger partial charge in [0.2, 0.25) is 5.16 Å². The van der Waals surface area contributed by atoms with E-state index in [4.69, 9.17) is 4.74 Å². The molecule has 0 N–H and O–H groups in total. The van der Waals surface area contributed by atoms with Gasteiger partial charge in [-0.05, 0) is 54.4 Å². The maximum absolute atomic E-state index is 5.16. The van der Waals surface area contributed by atoms with Gasteiger partial charge in [-0.2, -0.15) is 9.78 Å². The third-order valence-electron chi connectivity index (χ3n) is 3.49. The van der Waals surface area contributed by atoms with E-state index < -0.39 is 0 Å². The van der Waals surface area contributed by atoms with Crippen molar-refractivity contribution in [3.05, 3.63) is 70.0 Å². The molecule has 0 amide bonds. The Balaban J connectivity index is 1.72. The zero-order valence-corrected chi connectivity index (χ0v) is 16.3. The Morgan fingerprint density at radius 2 is 1.84 bits per heavy atom. The second-order valence-corrected chi connectivity index (χ2v) is 7.13. The third-order valence-corrected chi connectivity index (χ3v) is 5.01. The third kappa shape index (κ3) is 4.70. The molecule has 0 aliphatic heterocycles. The van der Waals surface area contributed by atoms with E-state index in [9.17, 15) is 0 Å². The summed E-state index contributed by atoms with van der Waals surface area (Å²) in [6, 6.07) is 16.0. The van der Waals surface area contributed by atoms with Crippen molar-refractivity contribution >= 4 is 33.9 Å². The molecule has 0 aliphatic carbocycles. The van der Waals surface area contributed by atoms with Gasteiger partial charge in [0.1, 0.15) is 5.75 Å². The highest BCUT2D eigenvalue weighted by molar-refractivity contribution is 9.10. The summed E-state index contributed by atoms with van der Waals surface area (Å²) in [5.74, 6) is 2.38. The number of rotatable bonds is 6. The van der Waals surface area contributed by atoms with Crippen LogP contribution in [0.2, 0.25) is 0 Å². The molecule has 0 saturated heterocycles. The first kappa shape index (κ1) is 17.7. The molecule has 0 bridgehead atoms. The molecular formula is C18H17BrN4OS. The van der Waals surface area contributed by atoms with Gasteiger partial charge in [-0.3, -0.25) is 0 Å². The lowest BCUT2D eigenvalue weighted by Gasteiger charge is -2.03. The minimum Gasteiger partial charge on any atom is -0.497 e. The average molecular weight is 417 g/mol. The second kappa shape index (κ2) is 8.31. The van der Waals surface area contributed by atoms with Crippen LogP contribution in [0.15, 0.2) is 63.3 Å². The van der Waals surface area contributed by atoms with E-state index in [1.165, 1.54) is 5.56 Å². The van der Waals surface area contributed by atoms with E-state index in [0.29, 0.717) is 0 Å². The van der Waals surface area contributed by atoms with E-state index in [2.05, 4.69) is 43.4 Å². The predicted octanol–water partition coefficient (Wildman–Crippen LogP) is 4.53. The monoisotopic (exact) mass is 416 g/mol. The van der Waals surface area contributed by atoms with Gasteiger partial charge in [-0.25, -0.2) is 0 Å². The highest BCUT2D eigenvalue weighted by atomic mass is 79.9. The number of halogens is 1. The van der Waals surface area contributed by atoms with Gasteiger partial charge in [-0.1, -0.05) is 39.8 Å². The number of ether oxygens (including phenoxy) is 1. The number of hydrogen-bond acceptors (Lipinski definition) is 5. The van der Waals surface area contributed by atoms with Crippen LogP contribution in [0.4, 0.5) is 0 Å². The van der Waals surface area contributed by atoms with Crippen LogP contribution < -0.4 is 4.74 Å². The minimum atomic E-state index is 0.753. The van der Waals surface area contributed by atoms with Crippen molar-refractivity contribution in [2.75, 3.05) is 7.11 Å². The van der Waals surface area contributed by atoms with E-state index in [1.807, 2.05) is 43.3 Å². The lowest BCUT2D eigenvalue weighted by molar-refractivity contribution is 0.415. The van der Waals surface area contributed by atoms with Crippen LogP contribution >= 0.6 is 27.7 Å². The van der Waals surface area contributed by atoms with Crippen molar-refractivity contribution < 1.29 is 4.74 Å². The lowest BCUT2D eigenvalue weighted by atomic mass is 10.2. The molecule has 1 aromatic heterocycles. The van der Waals surface area contributed by atoms with Crippen LogP contribution in [0.3, 0.4) is 0 Å². The number of aryl methyl sites for hydroxylation is 1. The quantitative estimate of drug-likeness (QED) is 0.437. The topological polar surface area (TPSA) is 52.3 Å². The Morgan fingerprint density at radius 3 is 2.52 bits per heavy atom. The fourth-order valence-electron chi connectivity index (χ4n) is 2.10. The Hall–Kier alpha value is -2.12. The van der Waals surface area contributed by atoms with Crippen LogP contribution in [-0.4, -0.2) is 28.2 Å². The number of aromatic nitrogens is 3. The number of thioether (sulfide) groups is 1. The number of hydrogen-bond donors (Lipinski definition) is 0. The minimum absolute atomic E-state index is 0.753. The smallest absolute Gasteiger partial charge is 0.212 e. The Labute approximate surface area is 159 Å². The Morgan fingerprint density at radius 1 is 1.12 bits per heavy atom.